The van der Waals surface area contributed by atoms with Crippen molar-refractivity contribution in [3.05, 3.63) is 66.2 Å². The Morgan fingerprint density at radius 3 is 2.59 bits per heavy atom. The van der Waals surface area contributed by atoms with Crippen molar-refractivity contribution in [2.75, 3.05) is 18.5 Å². The Labute approximate surface area is 187 Å². The van der Waals surface area contributed by atoms with E-state index in [0.29, 0.717) is 6.42 Å². The molecule has 0 spiro atoms. The van der Waals surface area contributed by atoms with E-state index in [-0.39, 0.29) is 29.4 Å². The molecule has 2 N–H and O–H groups in total. The van der Waals surface area contributed by atoms with Crippen LogP contribution in [0.4, 0.5) is 5.69 Å². The van der Waals surface area contributed by atoms with Gasteiger partial charge < -0.3 is 4.90 Å². The molecule has 1 aliphatic rings. The first-order valence-electron chi connectivity index (χ1n) is 10.3. The third-order valence-electron chi connectivity index (χ3n) is 5.97. The second kappa shape index (κ2) is 8.45. The minimum Gasteiger partial charge on any atom is -0.308 e. The molecule has 0 aliphatic carbocycles. The van der Waals surface area contributed by atoms with Crippen LogP contribution in [0.2, 0.25) is 0 Å². The van der Waals surface area contributed by atoms with Gasteiger partial charge in [-0.15, -0.1) is 0 Å². The quantitative estimate of drug-likeness (QED) is 0.608. The fourth-order valence-corrected chi connectivity index (χ4v) is 4.66. The molecule has 9 nitrogen and oxygen atoms in total. The van der Waals surface area contributed by atoms with Crippen molar-refractivity contribution in [3.8, 4) is 5.69 Å². The van der Waals surface area contributed by atoms with E-state index in [1.807, 2.05) is 43.1 Å². The zero-order valence-electron chi connectivity index (χ0n) is 18.2. The van der Waals surface area contributed by atoms with Gasteiger partial charge in [-0.05, 0) is 68.8 Å². The standard InChI is InChI=1S/C22H26N6O3S/c1-15-10-18-11-20(32(23,30)31)8-9-21(18)28(15)22(29)12-26(3)16(2)17-4-6-19(7-5-17)27-14-24-13-25-27/h4-9,11,13-16H,10,12H2,1-3H3,(H2,23,30,31)/t15-,16-/m0/s1. The summed E-state index contributed by atoms with van der Waals surface area (Å²) >= 11 is 0. The van der Waals surface area contributed by atoms with Gasteiger partial charge in [0.25, 0.3) is 0 Å². The predicted molar refractivity (Wildman–Crippen MR) is 121 cm³/mol. The maximum atomic E-state index is 13.2. The normalized spacial score (nSPS) is 16.9. The number of primary sulfonamides is 1. The molecule has 1 aliphatic heterocycles. The number of carbonyl (C=O) groups is 1. The highest BCUT2D eigenvalue weighted by molar-refractivity contribution is 7.89. The molecule has 2 atom stereocenters. The van der Waals surface area contributed by atoms with Crippen molar-refractivity contribution in [2.24, 2.45) is 5.14 Å². The second-order valence-electron chi connectivity index (χ2n) is 8.18. The summed E-state index contributed by atoms with van der Waals surface area (Å²) in [7, 11) is -1.86. The van der Waals surface area contributed by atoms with Gasteiger partial charge >= 0.3 is 0 Å². The van der Waals surface area contributed by atoms with E-state index in [0.717, 1.165) is 22.5 Å². The Morgan fingerprint density at radius 2 is 1.97 bits per heavy atom. The molecule has 0 radical (unpaired) electrons. The first kappa shape index (κ1) is 22.1. The number of likely N-dealkylation sites (N-methyl/N-ethyl adjacent to an activating group) is 1. The fourth-order valence-electron chi connectivity index (χ4n) is 4.09. The van der Waals surface area contributed by atoms with E-state index in [2.05, 4.69) is 17.0 Å². The summed E-state index contributed by atoms with van der Waals surface area (Å²) < 4.78 is 25.0. The van der Waals surface area contributed by atoms with Gasteiger partial charge in [-0.1, -0.05) is 12.1 Å². The summed E-state index contributed by atoms with van der Waals surface area (Å²) in [6, 6.07) is 12.6. The van der Waals surface area contributed by atoms with Crippen LogP contribution in [-0.2, 0) is 21.2 Å². The van der Waals surface area contributed by atoms with Crippen LogP contribution in [0.1, 0.15) is 31.0 Å². The SMILES string of the molecule is C[C@@H](c1ccc(-n2cncn2)cc1)N(C)CC(=O)N1c2ccc(S(N)(=O)=O)cc2C[C@@H]1C. The third kappa shape index (κ3) is 4.29. The third-order valence-corrected chi connectivity index (χ3v) is 6.88. The molecular weight excluding hydrogens is 428 g/mol. The van der Waals surface area contributed by atoms with Crippen molar-refractivity contribution in [1.29, 1.82) is 0 Å². The number of aromatic nitrogens is 3. The zero-order valence-corrected chi connectivity index (χ0v) is 19.0. The van der Waals surface area contributed by atoms with Gasteiger partial charge in [0, 0.05) is 17.8 Å². The smallest absolute Gasteiger partial charge is 0.241 e. The van der Waals surface area contributed by atoms with E-state index >= 15 is 0 Å². The number of rotatable bonds is 6. The van der Waals surface area contributed by atoms with E-state index < -0.39 is 10.0 Å². The van der Waals surface area contributed by atoms with Crippen LogP contribution in [-0.4, -0.2) is 53.6 Å². The van der Waals surface area contributed by atoms with Crippen molar-refractivity contribution >= 4 is 21.6 Å². The monoisotopic (exact) mass is 454 g/mol. The van der Waals surface area contributed by atoms with E-state index in [4.69, 9.17) is 5.14 Å². The van der Waals surface area contributed by atoms with E-state index in [1.54, 1.807) is 28.0 Å². The van der Waals surface area contributed by atoms with Crippen LogP contribution in [0.15, 0.2) is 60.0 Å². The van der Waals surface area contributed by atoms with Gasteiger partial charge in [0.05, 0.1) is 17.1 Å². The molecule has 1 amide bonds. The fraction of sp³-hybridized carbons (Fsp3) is 0.318. The molecule has 4 rings (SSSR count). The molecule has 2 aromatic carbocycles. The average Bonchev–Trinajstić information content (AvgIpc) is 3.39. The molecule has 0 saturated heterocycles. The molecule has 1 aromatic heterocycles. The van der Waals surface area contributed by atoms with Crippen LogP contribution in [0.5, 0.6) is 0 Å². The van der Waals surface area contributed by atoms with Crippen molar-refractivity contribution < 1.29 is 13.2 Å². The molecule has 10 heteroatoms. The minimum absolute atomic E-state index is 0.0193. The summed E-state index contributed by atoms with van der Waals surface area (Å²) in [5, 5.41) is 9.38. The van der Waals surface area contributed by atoms with Crippen molar-refractivity contribution in [2.45, 2.75) is 37.2 Å². The largest absolute Gasteiger partial charge is 0.308 e. The highest BCUT2D eigenvalue weighted by Gasteiger charge is 2.32. The number of benzene rings is 2. The summed E-state index contributed by atoms with van der Waals surface area (Å²) in [5.41, 5.74) is 3.56. The number of hydrogen-bond donors (Lipinski definition) is 1. The molecular formula is C22H26N6O3S. The summed E-state index contributed by atoms with van der Waals surface area (Å²) in [5.74, 6) is -0.0341. The summed E-state index contributed by atoms with van der Waals surface area (Å²) in [4.78, 5) is 21.0. The van der Waals surface area contributed by atoms with Crippen LogP contribution >= 0.6 is 0 Å². The summed E-state index contributed by atoms with van der Waals surface area (Å²) in [6.07, 6.45) is 3.72. The van der Waals surface area contributed by atoms with Gasteiger partial charge in [0.15, 0.2) is 0 Å². The number of fused-ring (bicyclic) bond motifs is 1. The second-order valence-corrected chi connectivity index (χ2v) is 9.74. The van der Waals surface area contributed by atoms with Gasteiger partial charge in [0.2, 0.25) is 15.9 Å². The Hall–Kier alpha value is -3.08. The predicted octanol–water partition coefficient (Wildman–Crippen LogP) is 1.89. The van der Waals surface area contributed by atoms with Gasteiger partial charge in [-0.2, -0.15) is 5.10 Å². The Kier molecular flexibility index (Phi) is 5.85. The van der Waals surface area contributed by atoms with E-state index in [9.17, 15) is 13.2 Å². The number of hydrogen-bond acceptors (Lipinski definition) is 6. The Balaban J connectivity index is 1.47. The number of amides is 1. The average molecular weight is 455 g/mol. The van der Waals surface area contributed by atoms with Crippen molar-refractivity contribution in [1.82, 2.24) is 19.7 Å². The van der Waals surface area contributed by atoms with Gasteiger partial charge in [-0.3, -0.25) is 9.69 Å². The van der Waals surface area contributed by atoms with Gasteiger partial charge in [0.1, 0.15) is 12.7 Å². The van der Waals surface area contributed by atoms with E-state index in [1.165, 1.54) is 12.4 Å². The lowest BCUT2D eigenvalue weighted by molar-refractivity contribution is -0.120. The zero-order chi connectivity index (χ0) is 23.0. The molecule has 0 unspecified atom stereocenters. The maximum Gasteiger partial charge on any atom is 0.241 e. The number of sulfonamides is 1. The Morgan fingerprint density at radius 1 is 1.25 bits per heavy atom. The lowest BCUT2D eigenvalue weighted by Crippen LogP contribution is -2.42. The number of nitrogens with zero attached hydrogens (tertiary/aromatic N) is 5. The molecule has 2 heterocycles. The minimum atomic E-state index is -3.78. The molecule has 0 bridgehead atoms. The lowest BCUT2D eigenvalue weighted by atomic mass is 10.1. The van der Waals surface area contributed by atoms with Crippen LogP contribution < -0.4 is 10.0 Å². The van der Waals surface area contributed by atoms with Crippen LogP contribution in [0.3, 0.4) is 0 Å². The number of nitrogens with two attached hydrogens (primary N) is 1. The topological polar surface area (TPSA) is 114 Å². The Bertz CT molecular complexity index is 1230. The molecule has 0 fully saturated rings. The first-order valence-corrected chi connectivity index (χ1v) is 11.8. The first-order chi connectivity index (χ1) is 15.1. The highest BCUT2D eigenvalue weighted by Crippen LogP contribution is 2.34. The van der Waals surface area contributed by atoms with Crippen molar-refractivity contribution in [3.63, 3.8) is 0 Å². The van der Waals surface area contributed by atoms with Crippen LogP contribution in [0, 0.1) is 0 Å². The molecule has 32 heavy (non-hydrogen) atoms. The summed E-state index contributed by atoms with van der Waals surface area (Å²) in [6.45, 7) is 4.24. The van der Waals surface area contributed by atoms with Gasteiger partial charge in [-0.25, -0.2) is 23.2 Å². The number of anilines is 1. The molecule has 0 saturated carbocycles. The highest BCUT2D eigenvalue weighted by atomic mass is 32.2. The number of carbonyl (C=O) groups excluding carboxylic acids is 1. The molecule has 3 aromatic rings. The molecule has 168 valence electrons. The maximum absolute atomic E-state index is 13.2. The van der Waals surface area contributed by atoms with Crippen LogP contribution in [0.25, 0.3) is 5.69 Å². The lowest BCUT2D eigenvalue weighted by Gasteiger charge is -2.29.